The van der Waals surface area contributed by atoms with E-state index in [0.717, 1.165) is 29.7 Å². The van der Waals surface area contributed by atoms with Crippen LogP contribution in [-0.2, 0) is 16.0 Å². The lowest BCUT2D eigenvalue weighted by Gasteiger charge is -2.30. The minimum Gasteiger partial charge on any atom is -0.493 e. The Bertz CT molecular complexity index is 1040. The first-order valence-electron chi connectivity index (χ1n) is 15.1. The van der Waals surface area contributed by atoms with Gasteiger partial charge in [-0.25, -0.2) is 0 Å². The number of carbonyl (C=O) groups excluding carboxylic acids is 1. The molecule has 2 rings (SSSR count). The predicted molar refractivity (Wildman–Crippen MR) is 166 cm³/mol. The molecule has 0 saturated carbocycles. The Balaban J connectivity index is 2.03. The van der Waals surface area contributed by atoms with Crippen LogP contribution in [0.25, 0.3) is 0 Å². The summed E-state index contributed by atoms with van der Waals surface area (Å²) in [5.41, 5.74) is 9.98. The van der Waals surface area contributed by atoms with Crippen molar-refractivity contribution in [3.63, 3.8) is 0 Å². The number of hydrogen-bond donors (Lipinski definition) is 3. The van der Waals surface area contributed by atoms with Gasteiger partial charge >= 0.3 is 0 Å². The topological polar surface area (TPSA) is 103 Å². The normalized spacial score (nSPS) is 15.3. The third-order valence-corrected chi connectivity index (χ3v) is 8.06. The lowest BCUT2D eigenvalue weighted by molar-refractivity contribution is -0.128. The highest BCUT2D eigenvalue weighted by Gasteiger charge is 2.30. The van der Waals surface area contributed by atoms with E-state index in [9.17, 15) is 9.90 Å². The summed E-state index contributed by atoms with van der Waals surface area (Å²) in [4.78, 5) is 13.3. The molecule has 0 aliphatic heterocycles. The van der Waals surface area contributed by atoms with Gasteiger partial charge in [0, 0.05) is 32.1 Å². The summed E-state index contributed by atoms with van der Waals surface area (Å²) in [5, 5.41) is 14.3. The zero-order valence-electron chi connectivity index (χ0n) is 26.5. The van der Waals surface area contributed by atoms with E-state index in [1.807, 2.05) is 52.0 Å². The Morgan fingerprint density at radius 3 is 2.20 bits per heavy atom. The molecule has 5 atom stereocenters. The number of rotatable bonds is 18. The molecule has 2 aromatic rings. The maximum Gasteiger partial charge on any atom is 0.223 e. The smallest absolute Gasteiger partial charge is 0.223 e. The Hall–Kier alpha value is -2.61. The van der Waals surface area contributed by atoms with Crippen LogP contribution in [0.1, 0.15) is 76.6 Å². The van der Waals surface area contributed by atoms with Crippen molar-refractivity contribution in [1.29, 1.82) is 0 Å². The number of aliphatic hydroxyl groups is 1. The summed E-state index contributed by atoms with van der Waals surface area (Å²) >= 11 is 0. The van der Waals surface area contributed by atoms with Gasteiger partial charge < -0.3 is 30.4 Å². The molecule has 0 fully saturated rings. The van der Waals surface area contributed by atoms with Gasteiger partial charge in [-0.1, -0.05) is 63.6 Å². The lowest BCUT2D eigenvalue weighted by atomic mass is 9.80. The van der Waals surface area contributed by atoms with Gasteiger partial charge in [0.1, 0.15) is 0 Å². The third kappa shape index (κ3) is 11.3. The van der Waals surface area contributed by atoms with Crippen LogP contribution in [0.2, 0.25) is 0 Å². The molecule has 0 saturated heterocycles. The van der Waals surface area contributed by atoms with E-state index in [0.29, 0.717) is 37.7 Å². The number of nitrogens with two attached hydrogens (primary N) is 1. The van der Waals surface area contributed by atoms with Crippen molar-refractivity contribution in [2.75, 3.05) is 27.4 Å². The van der Waals surface area contributed by atoms with Gasteiger partial charge in [0.25, 0.3) is 0 Å². The second-order valence-corrected chi connectivity index (χ2v) is 12.1. The van der Waals surface area contributed by atoms with Crippen molar-refractivity contribution in [2.45, 2.75) is 85.4 Å². The number of amides is 1. The average molecular weight is 571 g/mol. The fourth-order valence-electron chi connectivity index (χ4n) is 5.12. The second-order valence-electron chi connectivity index (χ2n) is 12.1. The predicted octanol–water partition coefficient (Wildman–Crippen LogP) is 5.85. The first-order chi connectivity index (χ1) is 19.5. The molecule has 0 bridgehead atoms. The minimum absolute atomic E-state index is 0.0454. The lowest BCUT2D eigenvalue weighted by Crippen LogP contribution is -2.43. The maximum atomic E-state index is 13.3. The molecule has 0 radical (unpaired) electrons. The van der Waals surface area contributed by atoms with Crippen LogP contribution in [0.15, 0.2) is 42.5 Å². The summed E-state index contributed by atoms with van der Waals surface area (Å²) in [5.74, 6) is 1.73. The van der Waals surface area contributed by atoms with E-state index >= 15 is 0 Å². The second kappa shape index (κ2) is 17.4. The van der Waals surface area contributed by atoms with Gasteiger partial charge in [0.2, 0.25) is 5.91 Å². The molecular formula is C34H54N2O5. The number of nitrogens with one attached hydrogen (secondary N) is 1. The van der Waals surface area contributed by atoms with Gasteiger partial charge in [0.15, 0.2) is 11.5 Å². The molecule has 7 nitrogen and oxygen atoms in total. The molecule has 0 aliphatic rings. The molecule has 1 amide bonds. The number of benzene rings is 2. The Labute approximate surface area is 248 Å². The van der Waals surface area contributed by atoms with Crippen molar-refractivity contribution in [3.05, 3.63) is 59.2 Å². The average Bonchev–Trinajstić information content (AvgIpc) is 2.93. The highest BCUT2D eigenvalue weighted by atomic mass is 16.5. The zero-order chi connectivity index (χ0) is 30.5. The molecular weight excluding hydrogens is 516 g/mol. The molecule has 4 N–H and O–H groups in total. The van der Waals surface area contributed by atoms with E-state index in [-0.39, 0.29) is 29.7 Å². The quantitative estimate of drug-likeness (QED) is 0.194. The van der Waals surface area contributed by atoms with E-state index in [1.54, 1.807) is 14.2 Å². The van der Waals surface area contributed by atoms with Crippen LogP contribution < -0.4 is 20.5 Å². The summed E-state index contributed by atoms with van der Waals surface area (Å²) in [6.45, 7) is 13.6. The Kier molecular flexibility index (Phi) is 14.7. The molecule has 0 aliphatic carbocycles. The summed E-state index contributed by atoms with van der Waals surface area (Å²) < 4.78 is 16.6. The van der Waals surface area contributed by atoms with E-state index in [4.69, 9.17) is 19.9 Å². The number of carbonyl (C=O) groups is 1. The first-order valence-corrected chi connectivity index (χ1v) is 15.1. The Morgan fingerprint density at radius 1 is 0.927 bits per heavy atom. The van der Waals surface area contributed by atoms with Gasteiger partial charge in [-0.15, -0.1) is 0 Å². The summed E-state index contributed by atoms with van der Waals surface area (Å²) in [6, 6.07) is 13.7. The number of ether oxygens (including phenoxy) is 3. The van der Waals surface area contributed by atoms with Gasteiger partial charge in [-0.3, -0.25) is 4.79 Å². The third-order valence-electron chi connectivity index (χ3n) is 8.06. The highest BCUT2D eigenvalue weighted by Crippen LogP contribution is 2.32. The first kappa shape index (κ1) is 34.6. The monoisotopic (exact) mass is 570 g/mol. The number of methoxy groups -OCH3 is 2. The fraction of sp³-hybridized carbons (Fsp3) is 0.618. The molecule has 0 heterocycles. The molecule has 0 aromatic heterocycles. The largest absolute Gasteiger partial charge is 0.493 e. The number of aryl methyl sites for hydroxylation is 1. The number of hydrogen-bond acceptors (Lipinski definition) is 6. The van der Waals surface area contributed by atoms with Crippen molar-refractivity contribution < 1.29 is 24.1 Å². The standard InChI is InChI=1S/C34H54N2O5/c1-22(2)28(18-26-12-15-32(40-8)33(19-26)41-17-9-16-39-7)20-30(35)31(37)21-29(23(3)4)34(38)36-25(6)27-13-10-24(5)11-14-27/h10-15,19,22-23,25,28-31,37H,9,16-18,20-21,35H2,1-8H3,(H,36,38)/t25-,28+,29+,30?,31?/m1/s1. The fourth-order valence-corrected chi connectivity index (χ4v) is 5.12. The van der Waals surface area contributed by atoms with Crippen LogP contribution in [0, 0.1) is 30.6 Å². The molecule has 0 spiro atoms. The highest BCUT2D eigenvalue weighted by molar-refractivity contribution is 5.79. The summed E-state index contributed by atoms with van der Waals surface area (Å²) in [6.07, 6.45) is 1.81. The zero-order valence-corrected chi connectivity index (χ0v) is 26.5. The Morgan fingerprint density at radius 2 is 1.61 bits per heavy atom. The van der Waals surface area contributed by atoms with Gasteiger partial charge in [-0.2, -0.15) is 0 Å². The van der Waals surface area contributed by atoms with Crippen molar-refractivity contribution in [2.24, 2.45) is 29.4 Å². The molecule has 2 unspecified atom stereocenters. The SMILES string of the molecule is COCCCOc1cc(C[C@@H](CC(N)C(O)C[C@H](C(=O)N[C@H](C)c2ccc(C)cc2)C(C)C)C(C)C)ccc1OC. The molecule has 230 valence electrons. The molecule has 7 heteroatoms. The van der Waals surface area contributed by atoms with Crippen molar-refractivity contribution in [1.82, 2.24) is 5.32 Å². The van der Waals surface area contributed by atoms with Crippen LogP contribution in [0.4, 0.5) is 0 Å². The van der Waals surface area contributed by atoms with Crippen LogP contribution in [0.5, 0.6) is 11.5 Å². The minimum atomic E-state index is -0.778. The van der Waals surface area contributed by atoms with E-state index in [2.05, 4.69) is 37.4 Å². The van der Waals surface area contributed by atoms with Crippen LogP contribution in [-0.4, -0.2) is 50.6 Å². The van der Waals surface area contributed by atoms with Crippen molar-refractivity contribution >= 4 is 5.91 Å². The maximum absolute atomic E-state index is 13.3. The van der Waals surface area contributed by atoms with Crippen molar-refractivity contribution in [3.8, 4) is 11.5 Å². The van der Waals surface area contributed by atoms with Crippen LogP contribution in [0.3, 0.4) is 0 Å². The van der Waals surface area contributed by atoms with E-state index in [1.165, 1.54) is 5.56 Å². The summed E-state index contributed by atoms with van der Waals surface area (Å²) in [7, 11) is 3.32. The van der Waals surface area contributed by atoms with Gasteiger partial charge in [-0.05, 0) is 74.1 Å². The number of aliphatic hydroxyl groups excluding tert-OH is 1. The van der Waals surface area contributed by atoms with Gasteiger partial charge in [0.05, 0.1) is 25.9 Å². The molecule has 41 heavy (non-hydrogen) atoms. The van der Waals surface area contributed by atoms with Crippen LogP contribution >= 0.6 is 0 Å². The van der Waals surface area contributed by atoms with E-state index < -0.39 is 12.1 Å². The molecule has 2 aromatic carbocycles.